The minimum Gasteiger partial charge on any atom is -0.418 e. The Hall–Kier alpha value is -1.13. The van der Waals surface area contributed by atoms with E-state index < -0.39 is 11.8 Å². The van der Waals surface area contributed by atoms with Gasteiger partial charge < -0.3 is 4.74 Å². The monoisotopic (exact) mass is 286 g/mol. The van der Waals surface area contributed by atoms with Crippen LogP contribution in [-0.2, 0) is 14.3 Å². The van der Waals surface area contributed by atoms with Gasteiger partial charge in [-0.3, -0.25) is 4.79 Å². The predicted molar refractivity (Wildman–Crippen MR) is 58.0 cm³/mol. The van der Waals surface area contributed by atoms with Gasteiger partial charge in [0.25, 0.3) is 5.78 Å². The van der Waals surface area contributed by atoms with E-state index in [0.29, 0.717) is 5.56 Å². The molecule has 0 saturated carbocycles. The zero-order valence-electron chi connectivity index (χ0n) is 7.29. The van der Waals surface area contributed by atoms with Crippen LogP contribution in [-0.4, -0.2) is 11.8 Å². The van der Waals surface area contributed by atoms with E-state index in [1.54, 1.807) is 24.3 Å². The number of hydrogen-bond donors (Lipinski definition) is 0. The van der Waals surface area contributed by atoms with Gasteiger partial charge in [-0.2, -0.15) is 0 Å². The highest BCUT2D eigenvalue weighted by atomic mass is 79.9. The SMILES string of the molecule is O=C1OC(c2ccc(Br)cc2)=C(Cl)C1=O. The van der Waals surface area contributed by atoms with Gasteiger partial charge in [0, 0.05) is 10.0 Å². The first-order valence-electron chi connectivity index (χ1n) is 4.02. The van der Waals surface area contributed by atoms with Crippen LogP contribution in [0.4, 0.5) is 0 Å². The average Bonchev–Trinajstić information content (AvgIpc) is 2.47. The Labute approximate surface area is 98.8 Å². The molecule has 2 rings (SSSR count). The minimum atomic E-state index is -0.932. The molecule has 0 N–H and O–H groups in total. The van der Waals surface area contributed by atoms with E-state index in [4.69, 9.17) is 16.3 Å². The minimum absolute atomic E-state index is 0.124. The zero-order valence-corrected chi connectivity index (χ0v) is 9.63. The summed E-state index contributed by atoms with van der Waals surface area (Å²) in [6.07, 6.45) is 0. The molecule has 5 heteroatoms. The van der Waals surface area contributed by atoms with E-state index >= 15 is 0 Å². The van der Waals surface area contributed by atoms with Gasteiger partial charge in [-0.15, -0.1) is 0 Å². The van der Waals surface area contributed by atoms with Gasteiger partial charge in [0.2, 0.25) is 0 Å². The number of hydrogen-bond acceptors (Lipinski definition) is 3. The average molecular weight is 287 g/mol. The van der Waals surface area contributed by atoms with Gasteiger partial charge >= 0.3 is 5.97 Å². The number of carbonyl (C=O) groups is 2. The number of cyclic esters (lactones) is 1. The number of benzene rings is 1. The smallest absolute Gasteiger partial charge is 0.386 e. The summed E-state index contributed by atoms with van der Waals surface area (Å²) in [5.41, 5.74) is 0.599. The van der Waals surface area contributed by atoms with Crippen molar-refractivity contribution in [1.82, 2.24) is 0 Å². The van der Waals surface area contributed by atoms with Gasteiger partial charge in [-0.1, -0.05) is 39.7 Å². The fraction of sp³-hybridized carbons (Fsp3) is 0. The molecule has 0 bridgehead atoms. The van der Waals surface area contributed by atoms with Crippen LogP contribution < -0.4 is 0 Å². The third-order valence-corrected chi connectivity index (χ3v) is 2.76. The molecule has 76 valence electrons. The fourth-order valence-corrected chi connectivity index (χ4v) is 1.65. The Kier molecular flexibility index (Phi) is 2.63. The van der Waals surface area contributed by atoms with Crippen LogP contribution >= 0.6 is 27.5 Å². The van der Waals surface area contributed by atoms with E-state index in [1.807, 2.05) is 0 Å². The van der Waals surface area contributed by atoms with Crippen LogP contribution in [0.3, 0.4) is 0 Å². The topological polar surface area (TPSA) is 43.4 Å². The maximum Gasteiger partial charge on any atom is 0.386 e. The Morgan fingerprint density at radius 1 is 1.13 bits per heavy atom. The molecule has 1 aliphatic heterocycles. The lowest BCUT2D eigenvalue weighted by Gasteiger charge is -2.01. The summed E-state index contributed by atoms with van der Waals surface area (Å²) < 4.78 is 5.64. The molecule has 3 nitrogen and oxygen atoms in total. The van der Waals surface area contributed by atoms with Gasteiger partial charge in [0.05, 0.1) is 0 Å². The van der Waals surface area contributed by atoms with E-state index in [0.717, 1.165) is 4.47 Å². The highest BCUT2D eigenvalue weighted by Gasteiger charge is 2.33. The number of ether oxygens (including phenoxy) is 1. The molecule has 0 amide bonds. The maximum atomic E-state index is 11.1. The lowest BCUT2D eigenvalue weighted by atomic mass is 10.2. The van der Waals surface area contributed by atoms with Crippen molar-refractivity contribution in [1.29, 1.82) is 0 Å². The molecule has 0 unspecified atom stereocenters. The number of carbonyl (C=O) groups excluding carboxylic acids is 2. The zero-order chi connectivity index (χ0) is 11.0. The highest BCUT2D eigenvalue weighted by molar-refractivity contribution is 9.10. The first-order chi connectivity index (χ1) is 7.09. The Morgan fingerprint density at radius 2 is 1.73 bits per heavy atom. The van der Waals surface area contributed by atoms with Gasteiger partial charge in [-0.25, -0.2) is 4.79 Å². The first kappa shape index (κ1) is 10.4. The number of ketones is 1. The summed E-state index contributed by atoms with van der Waals surface area (Å²) in [4.78, 5) is 22.0. The number of Topliss-reactive ketones (excluding diaryl/α,β-unsaturated/α-hetero) is 1. The molecule has 1 aromatic rings. The number of halogens is 2. The van der Waals surface area contributed by atoms with Gasteiger partial charge in [0.15, 0.2) is 5.76 Å². The van der Waals surface area contributed by atoms with Crippen molar-refractivity contribution < 1.29 is 14.3 Å². The van der Waals surface area contributed by atoms with Crippen LogP contribution in [0.15, 0.2) is 33.8 Å². The summed E-state index contributed by atoms with van der Waals surface area (Å²) in [6.45, 7) is 0. The van der Waals surface area contributed by atoms with Crippen molar-refractivity contribution in [2.75, 3.05) is 0 Å². The summed E-state index contributed by atoms with van der Waals surface area (Å²) >= 11 is 8.94. The quantitative estimate of drug-likeness (QED) is 0.589. The van der Waals surface area contributed by atoms with Crippen molar-refractivity contribution in [2.24, 2.45) is 0 Å². The molecular formula is C10H4BrClO3. The molecule has 1 heterocycles. The second-order valence-electron chi connectivity index (χ2n) is 2.87. The Balaban J connectivity index is 2.45. The van der Waals surface area contributed by atoms with Crippen LogP contribution in [0.5, 0.6) is 0 Å². The molecule has 0 aliphatic carbocycles. The largest absolute Gasteiger partial charge is 0.418 e. The van der Waals surface area contributed by atoms with Crippen LogP contribution in [0.25, 0.3) is 5.76 Å². The molecule has 0 atom stereocenters. The Bertz CT molecular complexity index is 476. The molecule has 0 saturated heterocycles. The summed E-state index contributed by atoms with van der Waals surface area (Å²) in [6, 6.07) is 6.94. The molecule has 0 aromatic heterocycles. The summed E-state index contributed by atoms with van der Waals surface area (Å²) in [5, 5.41) is -0.165. The van der Waals surface area contributed by atoms with Crippen molar-refractivity contribution in [3.05, 3.63) is 39.3 Å². The van der Waals surface area contributed by atoms with E-state index in [2.05, 4.69) is 15.9 Å². The summed E-state index contributed by atoms with van der Waals surface area (Å²) in [5.74, 6) is -1.60. The van der Waals surface area contributed by atoms with E-state index in [9.17, 15) is 9.59 Å². The van der Waals surface area contributed by atoms with Crippen molar-refractivity contribution in [2.45, 2.75) is 0 Å². The molecule has 1 aliphatic rings. The van der Waals surface area contributed by atoms with E-state index in [-0.39, 0.29) is 10.8 Å². The van der Waals surface area contributed by atoms with Gasteiger partial charge in [0.1, 0.15) is 5.03 Å². The fourth-order valence-electron chi connectivity index (χ4n) is 1.16. The Morgan fingerprint density at radius 3 is 2.20 bits per heavy atom. The predicted octanol–water partition coefficient (Wildman–Crippen LogP) is 2.48. The first-order valence-corrected chi connectivity index (χ1v) is 5.19. The van der Waals surface area contributed by atoms with E-state index in [1.165, 1.54) is 0 Å². The molecule has 0 radical (unpaired) electrons. The maximum absolute atomic E-state index is 11.1. The third-order valence-electron chi connectivity index (χ3n) is 1.89. The van der Waals surface area contributed by atoms with Crippen molar-refractivity contribution in [3.63, 3.8) is 0 Å². The standard InChI is InChI=1S/C10H4BrClO3/c11-6-3-1-5(2-4-6)9-7(12)8(13)10(14)15-9/h1-4H. The molecular weight excluding hydrogens is 283 g/mol. The number of esters is 1. The molecule has 15 heavy (non-hydrogen) atoms. The lowest BCUT2D eigenvalue weighted by molar-refractivity contribution is -0.144. The van der Waals surface area contributed by atoms with Crippen molar-refractivity contribution in [3.8, 4) is 0 Å². The van der Waals surface area contributed by atoms with Crippen LogP contribution in [0.1, 0.15) is 5.56 Å². The molecule has 0 fully saturated rings. The third kappa shape index (κ3) is 1.82. The number of rotatable bonds is 1. The molecule has 1 aromatic carbocycles. The van der Waals surface area contributed by atoms with Crippen LogP contribution in [0, 0.1) is 0 Å². The van der Waals surface area contributed by atoms with Crippen molar-refractivity contribution >= 4 is 45.0 Å². The molecule has 0 spiro atoms. The van der Waals surface area contributed by atoms with Crippen LogP contribution in [0.2, 0.25) is 0 Å². The second kappa shape index (κ2) is 3.79. The summed E-state index contributed by atoms with van der Waals surface area (Å²) in [7, 11) is 0. The lowest BCUT2D eigenvalue weighted by Crippen LogP contribution is -2.07. The second-order valence-corrected chi connectivity index (χ2v) is 4.16. The van der Waals surface area contributed by atoms with Gasteiger partial charge in [-0.05, 0) is 12.1 Å². The highest BCUT2D eigenvalue weighted by Crippen LogP contribution is 2.30. The normalized spacial score (nSPS) is 15.9.